The Morgan fingerprint density at radius 2 is 1.85 bits per heavy atom. The fraction of sp³-hybridized carbons (Fsp3) is 0.657. The molecular weight excluding hydrogens is 596 g/mol. The number of aromatic carboxylic acids is 1. The van der Waals surface area contributed by atoms with E-state index in [1.165, 1.54) is 45.1 Å². The van der Waals surface area contributed by atoms with Gasteiger partial charge in [-0.15, -0.1) is 0 Å². The standard InChI is InChI=1S/C35H46O11/c1-18-11-21-12-22(32(41)42)13-25(28(21)29(38)27(18)19(2)37)45-33-30(39)31(40)35(43,26(16-36)46-33)9-5-20-14-34(7-3-4-8-34)15-23-17-44-10-6-24(20)23/h11-13,20,23-24,26,30-31,33,36,38-40,43H,3-10,14-17H2,1-2H3,(H,41,42)/t20-,23+,24-,26+,30+,31+,33-,35+/m0/s1. The zero-order chi connectivity index (χ0) is 33.0. The molecule has 2 aromatic carbocycles. The summed E-state index contributed by atoms with van der Waals surface area (Å²) in [6.07, 6.45) is 2.15. The van der Waals surface area contributed by atoms with E-state index in [2.05, 4.69) is 0 Å². The van der Waals surface area contributed by atoms with Crippen LogP contribution in [0.15, 0.2) is 18.2 Å². The number of phenolic OH excluding ortho intramolecular Hbond substituents is 1. The van der Waals surface area contributed by atoms with E-state index in [9.17, 15) is 40.2 Å². The fourth-order valence-corrected chi connectivity index (χ4v) is 9.27. The largest absolute Gasteiger partial charge is 0.506 e. The van der Waals surface area contributed by atoms with Gasteiger partial charge in [0.25, 0.3) is 0 Å². The number of aliphatic hydroxyl groups is 4. The number of carboxylic acids is 1. The second kappa shape index (κ2) is 12.7. The maximum absolute atomic E-state index is 12.3. The number of phenols is 1. The summed E-state index contributed by atoms with van der Waals surface area (Å²) in [7, 11) is 0. The van der Waals surface area contributed by atoms with Gasteiger partial charge >= 0.3 is 5.97 Å². The molecule has 11 nitrogen and oxygen atoms in total. The smallest absolute Gasteiger partial charge is 0.335 e. The number of aliphatic hydroxyl groups excluding tert-OH is 3. The minimum atomic E-state index is -1.99. The Morgan fingerprint density at radius 1 is 1.11 bits per heavy atom. The Kier molecular flexibility index (Phi) is 9.12. The van der Waals surface area contributed by atoms with E-state index in [0.717, 1.165) is 25.5 Å². The molecule has 2 heterocycles. The average Bonchev–Trinajstić information content (AvgIpc) is 3.46. The molecule has 2 aliphatic carbocycles. The Labute approximate surface area is 268 Å². The topological polar surface area (TPSA) is 183 Å². The lowest BCUT2D eigenvalue weighted by atomic mass is 9.57. The summed E-state index contributed by atoms with van der Waals surface area (Å²) >= 11 is 0. The van der Waals surface area contributed by atoms with Gasteiger partial charge in [0, 0.05) is 13.2 Å². The Morgan fingerprint density at radius 3 is 2.52 bits per heavy atom. The van der Waals surface area contributed by atoms with Crippen LogP contribution >= 0.6 is 0 Å². The normalized spacial score (nSPS) is 34.0. The molecule has 11 heteroatoms. The second-order valence-corrected chi connectivity index (χ2v) is 14.3. The van der Waals surface area contributed by atoms with Gasteiger partial charge in [0.2, 0.25) is 6.29 Å². The van der Waals surface area contributed by atoms with Crippen molar-refractivity contribution in [2.24, 2.45) is 23.2 Å². The van der Waals surface area contributed by atoms with Crippen LogP contribution in [0.1, 0.15) is 91.0 Å². The summed E-state index contributed by atoms with van der Waals surface area (Å²) < 4.78 is 17.7. The number of fused-ring (bicyclic) bond motifs is 2. The van der Waals surface area contributed by atoms with Crippen LogP contribution in [0, 0.1) is 30.1 Å². The molecule has 1 spiro atoms. The van der Waals surface area contributed by atoms with Crippen molar-refractivity contribution in [1.29, 1.82) is 0 Å². The molecule has 2 saturated carbocycles. The highest BCUT2D eigenvalue weighted by Gasteiger charge is 2.56. The minimum absolute atomic E-state index is 0.0247. The molecule has 0 amide bonds. The molecule has 2 aromatic rings. The van der Waals surface area contributed by atoms with Gasteiger partial charge < -0.3 is 44.8 Å². The Bertz CT molecular complexity index is 1480. The molecule has 8 atom stereocenters. The molecule has 0 aromatic heterocycles. The summed E-state index contributed by atoms with van der Waals surface area (Å²) in [5.74, 6) is -1.11. The van der Waals surface area contributed by atoms with Gasteiger partial charge in [-0.2, -0.15) is 0 Å². The van der Waals surface area contributed by atoms with Crippen molar-refractivity contribution in [2.45, 2.75) is 102 Å². The van der Waals surface area contributed by atoms with Gasteiger partial charge in [-0.25, -0.2) is 4.79 Å². The van der Waals surface area contributed by atoms with Crippen LogP contribution in [0.4, 0.5) is 0 Å². The number of hydrogen-bond donors (Lipinski definition) is 6. The number of benzene rings is 2. The van der Waals surface area contributed by atoms with Crippen LogP contribution in [-0.2, 0) is 9.47 Å². The van der Waals surface area contributed by atoms with Crippen molar-refractivity contribution in [1.82, 2.24) is 0 Å². The van der Waals surface area contributed by atoms with Gasteiger partial charge in [0.05, 0.1) is 23.1 Å². The summed E-state index contributed by atoms with van der Waals surface area (Å²) in [6, 6.07) is 4.01. The molecule has 2 aliphatic heterocycles. The monoisotopic (exact) mass is 642 g/mol. The number of ketones is 1. The van der Waals surface area contributed by atoms with Crippen LogP contribution in [0.25, 0.3) is 10.8 Å². The van der Waals surface area contributed by atoms with E-state index in [0.29, 0.717) is 36.3 Å². The van der Waals surface area contributed by atoms with E-state index in [1.807, 2.05) is 0 Å². The number of carboxylic acid groups (broad SMARTS) is 1. The summed E-state index contributed by atoms with van der Waals surface area (Å²) in [6.45, 7) is 3.68. The first-order valence-corrected chi connectivity index (χ1v) is 16.5. The van der Waals surface area contributed by atoms with Gasteiger partial charge in [-0.05, 0) is 105 Å². The van der Waals surface area contributed by atoms with Crippen LogP contribution < -0.4 is 4.74 Å². The lowest BCUT2D eigenvalue weighted by Crippen LogP contribution is -2.68. The summed E-state index contributed by atoms with van der Waals surface area (Å²) in [5.41, 5.74) is -1.42. The van der Waals surface area contributed by atoms with Crippen LogP contribution in [-0.4, -0.2) is 92.4 Å². The van der Waals surface area contributed by atoms with Crippen molar-refractivity contribution in [3.8, 4) is 11.5 Å². The Hall–Kier alpha value is -2.80. The van der Waals surface area contributed by atoms with Crippen LogP contribution in [0.2, 0.25) is 0 Å². The first kappa shape index (κ1) is 33.1. The lowest BCUT2D eigenvalue weighted by molar-refractivity contribution is -0.315. The van der Waals surface area contributed by atoms with E-state index in [4.69, 9.17) is 14.2 Å². The number of Topliss-reactive ketones (excluding diaryl/α,β-unsaturated/α-hetero) is 1. The first-order valence-electron chi connectivity index (χ1n) is 16.5. The Balaban J connectivity index is 1.26. The van der Waals surface area contributed by atoms with Gasteiger partial charge in [0.15, 0.2) is 5.78 Å². The molecule has 0 bridgehead atoms. The second-order valence-electron chi connectivity index (χ2n) is 14.3. The molecular formula is C35H46O11. The highest BCUT2D eigenvalue weighted by molar-refractivity contribution is 6.08. The third-order valence-corrected chi connectivity index (χ3v) is 11.5. The maximum atomic E-state index is 12.3. The highest BCUT2D eigenvalue weighted by Crippen LogP contribution is 2.57. The van der Waals surface area contributed by atoms with Gasteiger partial charge in [-0.3, -0.25) is 4.79 Å². The van der Waals surface area contributed by atoms with Crippen molar-refractivity contribution in [2.75, 3.05) is 19.8 Å². The van der Waals surface area contributed by atoms with Crippen molar-refractivity contribution in [3.63, 3.8) is 0 Å². The van der Waals surface area contributed by atoms with E-state index in [1.54, 1.807) is 13.0 Å². The van der Waals surface area contributed by atoms with Gasteiger partial charge in [-0.1, -0.05) is 18.9 Å². The number of hydrogen-bond acceptors (Lipinski definition) is 10. The SMILES string of the molecule is CC(=O)c1c(C)cc2cc(C(=O)O)cc(O[C@H]3O[C@H](CO)[C@](O)(CC[C@H]4CC5(CCCC5)C[C@@H]5COCC[C@@H]45)[C@H](O)[C@H]3O)c2c1O. The van der Waals surface area contributed by atoms with Crippen LogP contribution in [0.5, 0.6) is 11.5 Å². The molecule has 6 rings (SSSR count). The van der Waals surface area contributed by atoms with Crippen molar-refractivity contribution < 1.29 is 54.4 Å². The zero-order valence-corrected chi connectivity index (χ0v) is 26.5. The number of aryl methyl sites for hydroxylation is 1. The van der Waals surface area contributed by atoms with E-state index < -0.39 is 54.3 Å². The third kappa shape index (κ3) is 5.79. The third-order valence-electron chi connectivity index (χ3n) is 11.5. The fourth-order valence-electron chi connectivity index (χ4n) is 9.27. The first-order chi connectivity index (χ1) is 21.9. The number of ether oxygens (including phenoxy) is 3. The zero-order valence-electron chi connectivity index (χ0n) is 26.5. The molecule has 252 valence electrons. The predicted octanol–water partition coefficient (Wildman–Crippen LogP) is 3.71. The van der Waals surface area contributed by atoms with Crippen LogP contribution in [0.3, 0.4) is 0 Å². The number of rotatable bonds is 8. The van der Waals surface area contributed by atoms with E-state index >= 15 is 0 Å². The van der Waals surface area contributed by atoms with E-state index in [-0.39, 0.29) is 39.5 Å². The number of aromatic hydroxyl groups is 1. The quantitative estimate of drug-likeness (QED) is 0.231. The van der Waals surface area contributed by atoms with Gasteiger partial charge in [0.1, 0.15) is 35.4 Å². The molecule has 0 radical (unpaired) electrons. The average molecular weight is 643 g/mol. The van der Waals surface area contributed by atoms with Crippen molar-refractivity contribution in [3.05, 3.63) is 34.9 Å². The minimum Gasteiger partial charge on any atom is -0.506 e. The summed E-state index contributed by atoms with van der Waals surface area (Å²) in [5, 5.41) is 66.0. The van der Waals surface area contributed by atoms with Crippen molar-refractivity contribution >= 4 is 22.5 Å². The maximum Gasteiger partial charge on any atom is 0.335 e. The number of carbonyl (C=O) groups is 2. The molecule has 4 aliphatic rings. The molecule has 46 heavy (non-hydrogen) atoms. The predicted molar refractivity (Wildman–Crippen MR) is 166 cm³/mol. The molecule has 0 unspecified atom stereocenters. The molecule has 4 fully saturated rings. The highest BCUT2D eigenvalue weighted by atomic mass is 16.7. The molecule has 2 saturated heterocycles. The lowest BCUT2D eigenvalue weighted by Gasteiger charge is -2.51. The number of carbonyl (C=O) groups excluding carboxylic acids is 1. The summed E-state index contributed by atoms with van der Waals surface area (Å²) in [4.78, 5) is 24.3. The molecule has 6 N–H and O–H groups in total.